The molecule has 20 heavy (non-hydrogen) atoms. The van der Waals surface area contributed by atoms with Crippen LogP contribution in [0.15, 0.2) is 18.2 Å². The van der Waals surface area contributed by atoms with E-state index >= 15 is 0 Å². The first kappa shape index (κ1) is 14.9. The Balaban J connectivity index is 2.39. The van der Waals surface area contributed by atoms with Crippen molar-refractivity contribution in [2.75, 3.05) is 11.4 Å². The summed E-state index contributed by atoms with van der Waals surface area (Å²) in [5.41, 5.74) is 2.66. The van der Waals surface area contributed by atoms with Gasteiger partial charge in [0.25, 0.3) is 0 Å². The van der Waals surface area contributed by atoms with E-state index in [4.69, 9.17) is 5.26 Å². The van der Waals surface area contributed by atoms with Crippen molar-refractivity contribution in [3.8, 4) is 6.07 Å². The molecule has 0 saturated carbocycles. The first-order valence-corrected chi connectivity index (χ1v) is 7.66. The number of rotatable bonds is 4. The SMILES string of the molecule is CCCC1CCCCN1c1cc(C#N)ccc1C(C)O. The van der Waals surface area contributed by atoms with E-state index in [0.717, 1.165) is 17.8 Å². The summed E-state index contributed by atoms with van der Waals surface area (Å²) in [5.74, 6) is 0. The summed E-state index contributed by atoms with van der Waals surface area (Å²) in [6, 6.07) is 8.39. The lowest BCUT2D eigenvalue weighted by molar-refractivity contribution is 0.199. The van der Waals surface area contributed by atoms with Crippen LogP contribution in [0, 0.1) is 11.3 Å². The minimum Gasteiger partial charge on any atom is -0.389 e. The lowest BCUT2D eigenvalue weighted by Gasteiger charge is -2.39. The van der Waals surface area contributed by atoms with Crippen molar-refractivity contribution >= 4 is 5.69 Å². The Morgan fingerprint density at radius 2 is 2.25 bits per heavy atom. The molecule has 108 valence electrons. The molecule has 2 rings (SSSR count). The van der Waals surface area contributed by atoms with Gasteiger partial charge in [-0.2, -0.15) is 5.26 Å². The van der Waals surface area contributed by atoms with Crippen LogP contribution in [0.1, 0.15) is 63.2 Å². The van der Waals surface area contributed by atoms with Crippen LogP contribution in [-0.2, 0) is 0 Å². The smallest absolute Gasteiger partial charge is 0.0992 e. The highest BCUT2D eigenvalue weighted by molar-refractivity contribution is 5.59. The third kappa shape index (κ3) is 3.13. The zero-order valence-corrected chi connectivity index (χ0v) is 12.5. The van der Waals surface area contributed by atoms with Crippen LogP contribution >= 0.6 is 0 Å². The van der Waals surface area contributed by atoms with E-state index < -0.39 is 6.10 Å². The molecular formula is C17H24N2O. The number of anilines is 1. The van der Waals surface area contributed by atoms with Crippen molar-refractivity contribution in [3.05, 3.63) is 29.3 Å². The van der Waals surface area contributed by atoms with E-state index in [1.807, 2.05) is 12.1 Å². The minimum atomic E-state index is -0.498. The van der Waals surface area contributed by atoms with E-state index in [9.17, 15) is 5.11 Å². The molecule has 0 aliphatic carbocycles. The van der Waals surface area contributed by atoms with Crippen LogP contribution in [-0.4, -0.2) is 17.7 Å². The number of nitrogens with zero attached hydrogens (tertiary/aromatic N) is 2. The normalized spacial score (nSPS) is 20.5. The minimum absolute atomic E-state index is 0.498. The van der Waals surface area contributed by atoms with Crippen molar-refractivity contribution < 1.29 is 5.11 Å². The van der Waals surface area contributed by atoms with Crippen LogP contribution in [0.3, 0.4) is 0 Å². The maximum absolute atomic E-state index is 10.0. The van der Waals surface area contributed by atoms with Crippen molar-refractivity contribution in [1.82, 2.24) is 0 Å². The number of aliphatic hydroxyl groups excluding tert-OH is 1. The molecule has 2 atom stereocenters. The monoisotopic (exact) mass is 272 g/mol. The fourth-order valence-electron chi connectivity index (χ4n) is 3.17. The van der Waals surface area contributed by atoms with E-state index in [1.165, 1.54) is 32.1 Å². The molecule has 1 aromatic rings. The summed E-state index contributed by atoms with van der Waals surface area (Å²) >= 11 is 0. The van der Waals surface area contributed by atoms with E-state index in [0.29, 0.717) is 11.6 Å². The molecule has 1 saturated heterocycles. The predicted octanol–water partition coefficient (Wildman–Crippen LogP) is 3.77. The van der Waals surface area contributed by atoms with Crippen LogP contribution in [0.2, 0.25) is 0 Å². The quantitative estimate of drug-likeness (QED) is 0.907. The summed E-state index contributed by atoms with van der Waals surface area (Å²) in [5, 5.41) is 19.1. The van der Waals surface area contributed by atoms with Gasteiger partial charge in [-0.3, -0.25) is 0 Å². The van der Waals surface area contributed by atoms with Crippen molar-refractivity contribution in [1.29, 1.82) is 5.26 Å². The van der Waals surface area contributed by atoms with Gasteiger partial charge in [0.15, 0.2) is 0 Å². The van der Waals surface area contributed by atoms with Crippen LogP contribution in [0.5, 0.6) is 0 Å². The summed E-state index contributed by atoms with van der Waals surface area (Å²) in [6.07, 6.45) is 5.53. The first-order chi connectivity index (χ1) is 9.67. The van der Waals surface area contributed by atoms with Gasteiger partial charge >= 0.3 is 0 Å². The lowest BCUT2D eigenvalue weighted by Crippen LogP contribution is -2.40. The Morgan fingerprint density at radius 3 is 2.90 bits per heavy atom. The fourth-order valence-corrected chi connectivity index (χ4v) is 3.17. The molecule has 0 bridgehead atoms. The van der Waals surface area contributed by atoms with Crippen LogP contribution in [0.25, 0.3) is 0 Å². The highest BCUT2D eigenvalue weighted by Gasteiger charge is 2.25. The molecule has 1 N–H and O–H groups in total. The Bertz CT molecular complexity index is 488. The second-order valence-electron chi connectivity index (χ2n) is 5.69. The van der Waals surface area contributed by atoms with Gasteiger partial charge in [0, 0.05) is 23.8 Å². The average molecular weight is 272 g/mol. The van der Waals surface area contributed by atoms with E-state index in [-0.39, 0.29) is 0 Å². The van der Waals surface area contributed by atoms with Gasteiger partial charge in [0.05, 0.1) is 17.7 Å². The Hall–Kier alpha value is -1.53. The molecule has 0 aromatic heterocycles. The lowest BCUT2D eigenvalue weighted by atomic mass is 9.95. The van der Waals surface area contributed by atoms with Crippen LogP contribution in [0.4, 0.5) is 5.69 Å². The van der Waals surface area contributed by atoms with E-state index in [2.05, 4.69) is 17.9 Å². The number of hydrogen-bond donors (Lipinski definition) is 1. The van der Waals surface area contributed by atoms with Gasteiger partial charge in [-0.05, 0) is 44.7 Å². The maximum atomic E-state index is 10.0. The molecule has 0 spiro atoms. The predicted molar refractivity (Wildman–Crippen MR) is 81.7 cm³/mol. The molecule has 1 aromatic carbocycles. The fraction of sp³-hybridized carbons (Fsp3) is 0.588. The standard InChI is InChI=1S/C17H24N2O/c1-3-6-15-7-4-5-10-19(15)17-11-14(12-18)8-9-16(17)13(2)20/h8-9,11,13,15,20H,3-7,10H2,1-2H3. The molecule has 0 amide bonds. The summed E-state index contributed by atoms with van der Waals surface area (Å²) in [6.45, 7) is 5.04. The van der Waals surface area contributed by atoms with Crippen LogP contribution < -0.4 is 4.90 Å². The maximum Gasteiger partial charge on any atom is 0.0992 e. The molecule has 0 radical (unpaired) electrons. The van der Waals surface area contributed by atoms with Gasteiger partial charge in [0.1, 0.15) is 0 Å². The third-order valence-electron chi connectivity index (χ3n) is 4.17. The third-order valence-corrected chi connectivity index (χ3v) is 4.17. The Kier molecular flexibility index (Phi) is 5.03. The highest BCUT2D eigenvalue weighted by Crippen LogP contribution is 2.33. The molecule has 1 aliphatic heterocycles. The Labute approximate surface area is 121 Å². The largest absolute Gasteiger partial charge is 0.389 e. The average Bonchev–Trinajstić information content (AvgIpc) is 2.47. The molecule has 3 heteroatoms. The molecule has 1 fully saturated rings. The number of piperidine rings is 1. The van der Waals surface area contributed by atoms with Gasteiger partial charge in [-0.15, -0.1) is 0 Å². The zero-order chi connectivity index (χ0) is 14.5. The zero-order valence-electron chi connectivity index (χ0n) is 12.5. The van der Waals surface area contributed by atoms with Gasteiger partial charge in [-0.1, -0.05) is 19.4 Å². The Morgan fingerprint density at radius 1 is 1.45 bits per heavy atom. The summed E-state index contributed by atoms with van der Waals surface area (Å²) < 4.78 is 0. The molecular weight excluding hydrogens is 248 g/mol. The number of nitriles is 1. The number of hydrogen-bond acceptors (Lipinski definition) is 3. The second kappa shape index (κ2) is 6.76. The van der Waals surface area contributed by atoms with Gasteiger partial charge in [-0.25, -0.2) is 0 Å². The topological polar surface area (TPSA) is 47.3 Å². The first-order valence-electron chi connectivity index (χ1n) is 7.66. The van der Waals surface area contributed by atoms with E-state index in [1.54, 1.807) is 13.0 Å². The molecule has 3 nitrogen and oxygen atoms in total. The van der Waals surface area contributed by atoms with Crippen molar-refractivity contribution in [2.45, 2.75) is 58.1 Å². The van der Waals surface area contributed by atoms with Crippen molar-refractivity contribution in [2.24, 2.45) is 0 Å². The molecule has 2 unspecified atom stereocenters. The van der Waals surface area contributed by atoms with Gasteiger partial charge < -0.3 is 10.0 Å². The van der Waals surface area contributed by atoms with Crippen molar-refractivity contribution in [3.63, 3.8) is 0 Å². The molecule has 1 aliphatic rings. The molecule has 1 heterocycles. The number of benzene rings is 1. The summed E-state index contributed by atoms with van der Waals surface area (Å²) in [4.78, 5) is 2.41. The highest BCUT2D eigenvalue weighted by atomic mass is 16.3. The summed E-state index contributed by atoms with van der Waals surface area (Å²) in [7, 11) is 0. The second-order valence-corrected chi connectivity index (χ2v) is 5.69. The van der Waals surface area contributed by atoms with Gasteiger partial charge in [0.2, 0.25) is 0 Å². The number of aliphatic hydroxyl groups is 1.